The van der Waals surface area contributed by atoms with Gasteiger partial charge < -0.3 is 23.8 Å². The van der Waals surface area contributed by atoms with Crippen molar-refractivity contribution in [3.8, 4) is 34.5 Å². The van der Waals surface area contributed by atoms with Gasteiger partial charge in [0, 0.05) is 64.6 Å². The molecule has 5 aromatic rings. The highest BCUT2D eigenvalue weighted by atomic mass is 32.2. The van der Waals surface area contributed by atoms with Gasteiger partial charge in [0.05, 0.1) is 23.5 Å². The summed E-state index contributed by atoms with van der Waals surface area (Å²) >= 11 is 6.91. The lowest BCUT2D eigenvalue weighted by Gasteiger charge is -2.36. The Bertz CT molecular complexity index is 2030. The van der Waals surface area contributed by atoms with Gasteiger partial charge in [0.25, 0.3) is 0 Å². The van der Waals surface area contributed by atoms with E-state index in [9.17, 15) is 9.18 Å². The molecule has 0 saturated carbocycles. The van der Waals surface area contributed by atoms with Crippen molar-refractivity contribution in [2.75, 3.05) is 59.0 Å². The number of methoxy groups -OCH3 is 1. The predicted molar refractivity (Wildman–Crippen MR) is 219 cm³/mol. The number of pyridine rings is 1. The summed E-state index contributed by atoms with van der Waals surface area (Å²) in [5.74, 6) is 2.88. The molecule has 0 radical (unpaired) electrons. The summed E-state index contributed by atoms with van der Waals surface area (Å²) in [5, 5.41) is 9.20. The van der Waals surface area contributed by atoms with Crippen LogP contribution in [0.25, 0.3) is 17.2 Å². The molecule has 294 valence electrons. The van der Waals surface area contributed by atoms with E-state index in [1.807, 2.05) is 60.0 Å². The van der Waals surface area contributed by atoms with Crippen molar-refractivity contribution in [2.45, 2.75) is 44.3 Å². The quantitative estimate of drug-likeness (QED) is 0.0563. The standard InChI is InChI=1S/C23H19FN4O2S.C19H28N2O3S/c1-30-20-6-4-5-18(14-20)28-22(21-7-2-3-12-25-21)26-27-23(28)31-15-19(29)13-16-8-10-17(24)11-9-16;1-2-22-12-4-3-5-19(25)21-10-8-20(9-11-21)14-16-6-7-17-18(13-16)24-15-23-17/h2-12,14H,13,15H2,1H3;6-7,13H,2-5,8-12,14-15H2,1H3. The van der Waals surface area contributed by atoms with E-state index < -0.39 is 0 Å². The third-order valence-electron chi connectivity index (χ3n) is 9.22. The Labute approximate surface area is 337 Å². The maximum absolute atomic E-state index is 13.1. The number of benzene rings is 3. The Morgan fingerprint density at radius 1 is 0.911 bits per heavy atom. The Balaban J connectivity index is 0.000000194. The Kier molecular flexibility index (Phi) is 15.2. The zero-order chi connectivity index (χ0) is 39.1. The number of unbranched alkanes of at least 4 members (excludes halogenated alkanes) is 1. The molecule has 0 amide bonds. The smallest absolute Gasteiger partial charge is 0.231 e. The molecule has 56 heavy (non-hydrogen) atoms. The normalized spacial score (nSPS) is 13.6. The number of hydrogen-bond donors (Lipinski definition) is 0. The molecular weight excluding hydrogens is 752 g/mol. The first kappa shape index (κ1) is 40.8. The van der Waals surface area contributed by atoms with Crippen molar-refractivity contribution in [1.29, 1.82) is 0 Å². The van der Waals surface area contributed by atoms with Crippen molar-refractivity contribution in [2.24, 2.45) is 0 Å². The lowest BCUT2D eigenvalue weighted by atomic mass is 10.1. The van der Waals surface area contributed by atoms with Crippen molar-refractivity contribution in [1.82, 2.24) is 29.5 Å². The van der Waals surface area contributed by atoms with Crippen LogP contribution >= 0.6 is 24.0 Å². The number of piperazine rings is 1. The number of fused-ring (bicyclic) bond motifs is 1. The molecule has 2 aromatic heterocycles. The molecule has 0 atom stereocenters. The molecule has 1 saturated heterocycles. The molecule has 11 nitrogen and oxygen atoms in total. The number of carbonyl (C=O) groups is 1. The molecule has 7 rings (SSSR count). The molecular formula is C42H47FN6O5S2. The van der Waals surface area contributed by atoms with Gasteiger partial charge in [-0.05, 0) is 85.8 Å². The Morgan fingerprint density at radius 2 is 1.71 bits per heavy atom. The number of Topliss-reactive ketones (excluding diaryl/α,β-unsaturated/α-hetero) is 1. The number of rotatable bonds is 16. The van der Waals surface area contributed by atoms with Gasteiger partial charge in [-0.15, -0.1) is 10.2 Å². The molecule has 0 aliphatic carbocycles. The molecule has 0 spiro atoms. The molecule has 2 aliphatic rings. The summed E-state index contributed by atoms with van der Waals surface area (Å²) < 4.78 is 36.5. The van der Waals surface area contributed by atoms with Gasteiger partial charge >= 0.3 is 0 Å². The summed E-state index contributed by atoms with van der Waals surface area (Å²) in [6.07, 6.45) is 5.14. The minimum atomic E-state index is -0.320. The second kappa shape index (κ2) is 20.9. The van der Waals surface area contributed by atoms with Crippen LogP contribution in [0.1, 0.15) is 37.3 Å². The fourth-order valence-corrected chi connectivity index (χ4v) is 7.41. The SMILES string of the molecule is CCOCCCCC(=S)N1CCN(Cc2ccc3c(c2)OCO3)CC1.COc1cccc(-n2c(SCC(=O)Cc3ccc(F)cc3)nnc2-c2ccccn2)c1. The number of nitrogens with zero attached hydrogens (tertiary/aromatic N) is 6. The first-order chi connectivity index (χ1) is 27.4. The monoisotopic (exact) mass is 798 g/mol. The number of ketones is 1. The van der Waals surface area contributed by atoms with Crippen molar-refractivity contribution in [3.63, 3.8) is 0 Å². The van der Waals surface area contributed by atoms with E-state index in [2.05, 4.69) is 37.1 Å². The summed E-state index contributed by atoms with van der Waals surface area (Å²) in [6, 6.07) is 25.3. The van der Waals surface area contributed by atoms with Crippen LogP contribution in [-0.2, 0) is 22.5 Å². The highest BCUT2D eigenvalue weighted by Gasteiger charge is 2.21. The number of halogens is 1. The van der Waals surface area contributed by atoms with Crippen LogP contribution in [0.4, 0.5) is 4.39 Å². The molecule has 1 fully saturated rings. The third-order valence-corrected chi connectivity index (χ3v) is 10.7. The first-order valence-corrected chi connectivity index (χ1v) is 20.2. The highest BCUT2D eigenvalue weighted by Crippen LogP contribution is 2.33. The van der Waals surface area contributed by atoms with Crippen LogP contribution < -0.4 is 14.2 Å². The van der Waals surface area contributed by atoms with Gasteiger partial charge in [0.2, 0.25) is 6.79 Å². The maximum Gasteiger partial charge on any atom is 0.231 e. The number of carbonyl (C=O) groups excluding carboxylic acids is 1. The van der Waals surface area contributed by atoms with E-state index >= 15 is 0 Å². The van der Waals surface area contributed by atoms with Crippen LogP contribution in [0.3, 0.4) is 0 Å². The zero-order valence-corrected chi connectivity index (χ0v) is 33.4. The molecule has 14 heteroatoms. The van der Waals surface area contributed by atoms with Crippen LogP contribution in [-0.4, -0.2) is 99.4 Å². The Hall–Kier alpha value is -4.89. The maximum atomic E-state index is 13.1. The van der Waals surface area contributed by atoms with Crippen molar-refractivity contribution in [3.05, 3.63) is 108 Å². The molecule has 3 aromatic carbocycles. The summed E-state index contributed by atoms with van der Waals surface area (Å²) in [4.78, 5) is 22.8. The molecule has 0 unspecified atom stereocenters. The Morgan fingerprint density at radius 3 is 2.48 bits per heavy atom. The topological polar surface area (TPSA) is 104 Å². The zero-order valence-electron chi connectivity index (χ0n) is 31.8. The lowest BCUT2D eigenvalue weighted by Crippen LogP contribution is -2.47. The van der Waals surface area contributed by atoms with E-state index in [1.54, 1.807) is 25.4 Å². The first-order valence-electron chi connectivity index (χ1n) is 18.8. The average molecular weight is 799 g/mol. The molecule has 0 bridgehead atoms. The fraction of sp³-hybridized carbons (Fsp3) is 0.357. The second-order valence-corrected chi connectivity index (χ2v) is 14.6. The van der Waals surface area contributed by atoms with Gasteiger partial charge in [0.1, 0.15) is 23.0 Å². The largest absolute Gasteiger partial charge is 0.497 e. The molecule has 0 N–H and O–H groups in total. The average Bonchev–Trinajstić information content (AvgIpc) is 3.89. The lowest BCUT2D eigenvalue weighted by molar-refractivity contribution is -0.116. The molecule has 4 heterocycles. The minimum Gasteiger partial charge on any atom is -0.497 e. The minimum absolute atomic E-state index is 0.0104. The summed E-state index contributed by atoms with van der Waals surface area (Å²) in [7, 11) is 1.61. The fourth-order valence-electron chi connectivity index (χ4n) is 6.27. The van der Waals surface area contributed by atoms with Gasteiger partial charge in [0.15, 0.2) is 22.5 Å². The summed E-state index contributed by atoms with van der Waals surface area (Å²) in [5.41, 5.74) is 3.52. The van der Waals surface area contributed by atoms with Crippen molar-refractivity contribution >= 4 is 34.8 Å². The van der Waals surface area contributed by atoms with Gasteiger partial charge in [-0.25, -0.2) is 4.39 Å². The van der Waals surface area contributed by atoms with Crippen LogP contribution in [0.2, 0.25) is 0 Å². The second-order valence-electron chi connectivity index (χ2n) is 13.2. The third kappa shape index (κ3) is 11.6. The van der Waals surface area contributed by atoms with Crippen LogP contribution in [0, 0.1) is 5.82 Å². The number of hydrogen-bond acceptors (Lipinski definition) is 11. The van der Waals surface area contributed by atoms with E-state index in [-0.39, 0.29) is 23.8 Å². The highest BCUT2D eigenvalue weighted by molar-refractivity contribution is 7.99. The number of aromatic nitrogens is 4. The van der Waals surface area contributed by atoms with Crippen LogP contribution in [0.15, 0.2) is 96.3 Å². The number of thiocarbonyl (C=S) groups is 1. The number of thioether (sulfide) groups is 1. The van der Waals surface area contributed by atoms with E-state index in [1.165, 1.54) is 29.5 Å². The van der Waals surface area contributed by atoms with E-state index in [0.717, 1.165) is 92.9 Å². The number of ether oxygens (including phenoxy) is 4. The van der Waals surface area contributed by atoms with Gasteiger partial charge in [-0.2, -0.15) is 0 Å². The molecule has 2 aliphatic heterocycles. The van der Waals surface area contributed by atoms with Crippen LogP contribution in [0.5, 0.6) is 17.2 Å². The van der Waals surface area contributed by atoms with Gasteiger partial charge in [-0.3, -0.25) is 19.2 Å². The van der Waals surface area contributed by atoms with Gasteiger partial charge in [-0.1, -0.05) is 54.3 Å². The predicted octanol–water partition coefficient (Wildman–Crippen LogP) is 7.45. The van der Waals surface area contributed by atoms with Crippen molar-refractivity contribution < 1.29 is 28.1 Å². The van der Waals surface area contributed by atoms with E-state index in [0.29, 0.717) is 29.2 Å². The summed E-state index contributed by atoms with van der Waals surface area (Å²) in [6.45, 7) is 9.11. The van der Waals surface area contributed by atoms with E-state index in [4.69, 9.17) is 31.2 Å².